The van der Waals surface area contributed by atoms with Crippen molar-refractivity contribution in [2.45, 2.75) is 25.3 Å². The van der Waals surface area contributed by atoms with E-state index < -0.39 is 15.0 Å². The lowest BCUT2D eigenvalue weighted by Crippen LogP contribution is -2.02. The number of benzene rings is 1. The molecule has 0 fully saturated rings. The average Bonchev–Trinajstić information content (AvgIpc) is 2.14. The first kappa shape index (κ1) is 13.0. The lowest BCUT2D eigenvalue weighted by atomic mass is 10.1. The van der Waals surface area contributed by atoms with E-state index in [1.807, 2.05) is 0 Å². The molecule has 0 saturated carbocycles. The van der Waals surface area contributed by atoms with Crippen LogP contribution in [0.5, 0.6) is 0 Å². The molecular weight excluding hydrogens is 252 g/mol. The summed E-state index contributed by atoms with van der Waals surface area (Å²) in [4.78, 5) is 10.6. The number of hydrogen-bond acceptors (Lipinski definition) is 4. The maximum atomic E-state index is 11.1. The topological polar surface area (TPSA) is 60.4 Å². The van der Waals surface area contributed by atoms with Crippen LogP contribution in [0, 0.1) is 6.92 Å². The summed E-state index contributed by atoms with van der Waals surface area (Å²) < 4.78 is 27.0. The van der Waals surface area contributed by atoms with Crippen LogP contribution >= 0.6 is 10.7 Å². The quantitative estimate of drug-likeness (QED) is 0.617. The second-order valence-corrected chi connectivity index (χ2v) is 5.87. The van der Waals surface area contributed by atoms with Crippen LogP contribution in [0.2, 0.25) is 0 Å². The molecule has 0 radical (unpaired) electrons. The van der Waals surface area contributed by atoms with E-state index in [-0.39, 0.29) is 11.5 Å². The summed E-state index contributed by atoms with van der Waals surface area (Å²) in [6.45, 7) is 3.13. The lowest BCUT2D eigenvalue weighted by Gasteiger charge is -2.07. The van der Waals surface area contributed by atoms with Gasteiger partial charge >= 0.3 is 5.97 Å². The molecular formula is C10H11ClO4S. The number of rotatable bonds is 3. The van der Waals surface area contributed by atoms with Gasteiger partial charge in [-0.15, -0.1) is 0 Å². The number of ether oxygens (including phenoxy) is 1. The fourth-order valence-electron chi connectivity index (χ4n) is 1.13. The minimum absolute atomic E-state index is 0.00178. The van der Waals surface area contributed by atoms with Crippen molar-refractivity contribution in [2.75, 3.05) is 0 Å². The Morgan fingerprint density at radius 1 is 1.44 bits per heavy atom. The summed E-state index contributed by atoms with van der Waals surface area (Å²) in [6.07, 6.45) is 0. The van der Waals surface area contributed by atoms with E-state index in [0.717, 1.165) is 5.56 Å². The molecule has 0 spiro atoms. The van der Waals surface area contributed by atoms with E-state index in [9.17, 15) is 13.2 Å². The Kier molecular flexibility index (Phi) is 3.93. The predicted molar refractivity (Wildman–Crippen MR) is 59.7 cm³/mol. The van der Waals surface area contributed by atoms with Crippen molar-refractivity contribution >= 4 is 25.7 Å². The van der Waals surface area contributed by atoms with E-state index >= 15 is 0 Å². The number of hydrogen-bond donors (Lipinski definition) is 0. The number of carbonyl (C=O) groups is 1. The van der Waals surface area contributed by atoms with Gasteiger partial charge in [0, 0.05) is 17.6 Å². The van der Waals surface area contributed by atoms with E-state index in [0.29, 0.717) is 5.56 Å². The minimum Gasteiger partial charge on any atom is -0.461 e. The van der Waals surface area contributed by atoms with Crippen LogP contribution in [-0.4, -0.2) is 14.4 Å². The van der Waals surface area contributed by atoms with Gasteiger partial charge in [-0.1, -0.05) is 6.07 Å². The molecule has 0 aliphatic heterocycles. The first-order chi connectivity index (χ1) is 7.30. The van der Waals surface area contributed by atoms with Crippen LogP contribution in [0.15, 0.2) is 23.1 Å². The fraction of sp³-hybridized carbons (Fsp3) is 0.300. The molecule has 0 saturated heterocycles. The monoisotopic (exact) mass is 262 g/mol. The Balaban J connectivity index is 3.04. The molecule has 0 bridgehead atoms. The standard InChI is InChI=1S/C10H11ClO4S/c1-7-3-4-10(16(11,13)14)5-9(7)6-15-8(2)12/h3-5H,6H2,1-2H3. The van der Waals surface area contributed by atoms with Crippen LogP contribution < -0.4 is 0 Å². The van der Waals surface area contributed by atoms with Crippen molar-refractivity contribution in [2.24, 2.45) is 0 Å². The van der Waals surface area contributed by atoms with Gasteiger partial charge in [0.05, 0.1) is 4.90 Å². The Bertz CT molecular complexity index is 508. The highest BCUT2D eigenvalue weighted by atomic mass is 35.7. The van der Waals surface area contributed by atoms with Gasteiger partial charge in [0.2, 0.25) is 0 Å². The summed E-state index contributed by atoms with van der Waals surface area (Å²) in [5, 5.41) is 0. The molecule has 0 heterocycles. The van der Waals surface area contributed by atoms with Crippen LogP contribution in [0.4, 0.5) is 0 Å². The summed E-state index contributed by atoms with van der Waals surface area (Å²) in [5.41, 5.74) is 1.46. The van der Waals surface area contributed by atoms with E-state index in [1.165, 1.54) is 19.1 Å². The van der Waals surface area contributed by atoms with Crippen LogP contribution in [0.25, 0.3) is 0 Å². The molecule has 0 aliphatic rings. The number of carbonyl (C=O) groups excluding carboxylic acids is 1. The second kappa shape index (κ2) is 4.84. The number of halogens is 1. The highest BCUT2D eigenvalue weighted by Gasteiger charge is 2.12. The van der Waals surface area contributed by atoms with Gasteiger partial charge in [0.25, 0.3) is 9.05 Å². The molecule has 0 amide bonds. The normalized spacial score (nSPS) is 11.2. The molecule has 1 aromatic rings. The smallest absolute Gasteiger partial charge is 0.302 e. The zero-order chi connectivity index (χ0) is 12.3. The van der Waals surface area contributed by atoms with Gasteiger partial charge < -0.3 is 4.74 Å². The molecule has 0 aromatic heterocycles. The lowest BCUT2D eigenvalue weighted by molar-refractivity contribution is -0.142. The van der Waals surface area contributed by atoms with Crippen LogP contribution in [-0.2, 0) is 25.2 Å². The second-order valence-electron chi connectivity index (χ2n) is 3.31. The van der Waals surface area contributed by atoms with Gasteiger partial charge in [0.1, 0.15) is 6.61 Å². The van der Waals surface area contributed by atoms with Crippen LogP contribution in [0.1, 0.15) is 18.1 Å². The Morgan fingerprint density at radius 2 is 2.06 bits per heavy atom. The number of esters is 1. The molecule has 0 unspecified atom stereocenters. The zero-order valence-corrected chi connectivity index (χ0v) is 10.4. The molecule has 88 valence electrons. The minimum atomic E-state index is -3.75. The average molecular weight is 263 g/mol. The maximum absolute atomic E-state index is 11.1. The van der Waals surface area contributed by atoms with Gasteiger partial charge in [-0.05, 0) is 30.2 Å². The molecule has 1 rings (SSSR count). The van der Waals surface area contributed by atoms with E-state index in [1.54, 1.807) is 13.0 Å². The molecule has 4 nitrogen and oxygen atoms in total. The van der Waals surface area contributed by atoms with Crippen molar-refractivity contribution in [1.29, 1.82) is 0 Å². The zero-order valence-electron chi connectivity index (χ0n) is 8.86. The Morgan fingerprint density at radius 3 is 2.56 bits per heavy atom. The van der Waals surface area contributed by atoms with Crippen molar-refractivity contribution < 1.29 is 17.9 Å². The van der Waals surface area contributed by atoms with Gasteiger partial charge in [-0.25, -0.2) is 8.42 Å². The summed E-state index contributed by atoms with van der Waals surface area (Å²) >= 11 is 0. The third-order valence-electron chi connectivity index (χ3n) is 2.03. The van der Waals surface area contributed by atoms with E-state index in [4.69, 9.17) is 15.4 Å². The van der Waals surface area contributed by atoms with Crippen molar-refractivity contribution in [3.8, 4) is 0 Å². The largest absolute Gasteiger partial charge is 0.461 e. The van der Waals surface area contributed by atoms with Gasteiger partial charge in [0.15, 0.2) is 0 Å². The fourth-order valence-corrected chi connectivity index (χ4v) is 1.94. The Labute approximate surface area is 98.6 Å². The molecule has 0 aliphatic carbocycles. The molecule has 0 atom stereocenters. The van der Waals surface area contributed by atoms with E-state index in [2.05, 4.69) is 0 Å². The molecule has 1 aromatic carbocycles. The summed E-state index contributed by atoms with van der Waals surface area (Å²) in [7, 11) is 1.46. The van der Waals surface area contributed by atoms with Gasteiger partial charge in [-0.3, -0.25) is 4.79 Å². The molecule has 6 heteroatoms. The summed E-state index contributed by atoms with van der Waals surface area (Å²) in [6, 6.07) is 4.43. The first-order valence-corrected chi connectivity index (χ1v) is 6.79. The van der Waals surface area contributed by atoms with Crippen LogP contribution in [0.3, 0.4) is 0 Å². The highest BCUT2D eigenvalue weighted by molar-refractivity contribution is 8.13. The highest BCUT2D eigenvalue weighted by Crippen LogP contribution is 2.19. The first-order valence-electron chi connectivity index (χ1n) is 4.48. The van der Waals surface area contributed by atoms with Gasteiger partial charge in [-0.2, -0.15) is 0 Å². The third-order valence-corrected chi connectivity index (χ3v) is 3.38. The van der Waals surface area contributed by atoms with Crippen molar-refractivity contribution in [1.82, 2.24) is 0 Å². The number of aryl methyl sites for hydroxylation is 1. The Hall–Kier alpha value is -1.07. The summed E-state index contributed by atoms with van der Waals surface area (Å²) in [5.74, 6) is -0.418. The predicted octanol–water partition coefficient (Wildman–Crippen LogP) is 1.99. The SMILES string of the molecule is CC(=O)OCc1cc(S(=O)(=O)Cl)ccc1C. The molecule has 16 heavy (non-hydrogen) atoms. The van der Waals surface area contributed by atoms with Crippen molar-refractivity contribution in [3.63, 3.8) is 0 Å². The third kappa shape index (κ3) is 3.50. The molecule has 0 N–H and O–H groups in total. The van der Waals surface area contributed by atoms with Crippen molar-refractivity contribution in [3.05, 3.63) is 29.3 Å². The maximum Gasteiger partial charge on any atom is 0.302 e.